The monoisotopic (exact) mass is 292 g/mol. The van der Waals surface area contributed by atoms with E-state index in [4.69, 9.17) is 4.52 Å². The maximum atomic E-state index is 9.57. The number of hydrogen-bond donors (Lipinski definition) is 1. The third-order valence-corrected chi connectivity index (χ3v) is 4.68. The Labute approximate surface area is 123 Å². The van der Waals surface area contributed by atoms with E-state index in [-0.39, 0.29) is 6.10 Å². The summed E-state index contributed by atoms with van der Waals surface area (Å²) in [6.07, 6.45) is 2.98. The van der Waals surface area contributed by atoms with E-state index in [1.807, 2.05) is 30.5 Å². The van der Waals surface area contributed by atoms with Gasteiger partial charge in [-0.2, -0.15) is 0 Å². The molecule has 2 atom stereocenters. The highest BCUT2D eigenvalue weighted by atomic mass is 32.1. The van der Waals surface area contributed by atoms with Gasteiger partial charge in [0.15, 0.2) is 5.76 Å². The van der Waals surface area contributed by atoms with Gasteiger partial charge in [-0.25, -0.2) is 0 Å². The minimum atomic E-state index is -0.236. The van der Waals surface area contributed by atoms with Crippen LogP contribution in [0.3, 0.4) is 0 Å². The second-order valence-electron chi connectivity index (χ2n) is 5.51. The molecule has 1 N–H and O–H groups in total. The zero-order chi connectivity index (χ0) is 13.9. The zero-order valence-electron chi connectivity index (χ0n) is 11.7. The number of rotatable bonds is 5. The Bertz CT molecular complexity index is 536. The molecule has 0 amide bonds. The molecular weight excluding hydrogens is 272 g/mol. The van der Waals surface area contributed by atoms with Crippen molar-refractivity contribution in [3.8, 4) is 10.6 Å². The van der Waals surface area contributed by atoms with Crippen LogP contribution in [-0.4, -0.2) is 33.9 Å². The number of aromatic nitrogens is 1. The molecule has 2 unspecified atom stereocenters. The van der Waals surface area contributed by atoms with Crippen LogP contribution in [0, 0.1) is 0 Å². The molecule has 0 aliphatic carbocycles. The van der Waals surface area contributed by atoms with Gasteiger partial charge in [0.05, 0.1) is 16.7 Å². The van der Waals surface area contributed by atoms with E-state index in [1.54, 1.807) is 11.3 Å². The molecule has 0 aromatic carbocycles. The number of likely N-dealkylation sites (tertiary alicyclic amines) is 1. The van der Waals surface area contributed by atoms with Gasteiger partial charge >= 0.3 is 0 Å². The molecule has 108 valence electrons. The van der Waals surface area contributed by atoms with E-state index in [0.717, 1.165) is 35.8 Å². The normalized spacial score (nSPS) is 21.4. The van der Waals surface area contributed by atoms with Crippen molar-refractivity contribution in [2.24, 2.45) is 0 Å². The maximum absolute atomic E-state index is 9.57. The average molecular weight is 292 g/mol. The highest BCUT2D eigenvalue weighted by molar-refractivity contribution is 7.13. The summed E-state index contributed by atoms with van der Waals surface area (Å²) >= 11 is 1.66. The quantitative estimate of drug-likeness (QED) is 0.920. The molecule has 1 aliphatic heterocycles. The lowest BCUT2D eigenvalue weighted by atomic mass is 10.1. The molecular formula is C15H20N2O2S. The largest absolute Gasteiger partial charge is 0.393 e. The third kappa shape index (κ3) is 3.11. The van der Waals surface area contributed by atoms with Crippen LogP contribution in [0.15, 0.2) is 28.1 Å². The minimum Gasteiger partial charge on any atom is -0.393 e. The standard InChI is InChI=1S/C15H20N2O2S/c1-11(18)8-13-4-2-6-17(13)10-12-9-14(19-16-12)15-5-3-7-20-15/h3,5,7,9,11,13,18H,2,4,6,8,10H2,1H3. The van der Waals surface area contributed by atoms with E-state index in [0.29, 0.717) is 6.04 Å². The van der Waals surface area contributed by atoms with Crippen molar-refractivity contribution in [2.75, 3.05) is 6.54 Å². The molecule has 1 fully saturated rings. The Hall–Kier alpha value is -1.17. The Morgan fingerprint density at radius 1 is 1.60 bits per heavy atom. The van der Waals surface area contributed by atoms with Gasteiger partial charge in [0.1, 0.15) is 0 Å². The van der Waals surface area contributed by atoms with Crippen molar-refractivity contribution in [2.45, 2.75) is 44.9 Å². The summed E-state index contributed by atoms with van der Waals surface area (Å²) in [4.78, 5) is 3.52. The molecule has 1 saturated heterocycles. The fourth-order valence-corrected chi connectivity index (χ4v) is 3.57. The first kappa shape index (κ1) is 13.8. The highest BCUT2D eigenvalue weighted by Crippen LogP contribution is 2.27. The zero-order valence-corrected chi connectivity index (χ0v) is 12.5. The van der Waals surface area contributed by atoms with Crippen molar-refractivity contribution >= 4 is 11.3 Å². The van der Waals surface area contributed by atoms with Crippen LogP contribution in [0.1, 0.15) is 31.9 Å². The number of hydrogen-bond acceptors (Lipinski definition) is 5. The fourth-order valence-electron chi connectivity index (χ4n) is 2.89. The summed E-state index contributed by atoms with van der Waals surface area (Å²) in [6, 6.07) is 6.56. The molecule has 4 nitrogen and oxygen atoms in total. The molecule has 1 aliphatic rings. The number of aliphatic hydroxyl groups excluding tert-OH is 1. The highest BCUT2D eigenvalue weighted by Gasteiger charge is 2.26. The van der Waals surface area contributed by atoms with Gasteiger partial charge in [0.25, 0.3) is 0 Å². The molecule has 3 rings (SSSR count). The second-order valence-corrected chi connectivity index (χ2v) is 6.46. The van der Waals surface area contributed by atoms with E-state index in [1.165, 1.54) is 12.8 Å². The smallest absolute Gasteiger partial charge is 0.177 e. The van der Waals surface area contributed by atoms with E-state index in [2.05, 4.69) is 10.1 Å². The molecule has 0 bridgehead atoms. The molecule has 3 heterocycles. The van der Waals surface area contributed by atoms with Crippen LogP contribution in [0.5, 0.6) is 0 Å². The third-order valence-electron chi connectivity index (χ3n) is 3.80. The van der Waals surface area contributed by atoms with Crippen molar-refractivity contribution in [3.05, 3.63) is 29.3 Å². The minimum absolute atomic E-state index is 0.236. The van der Waals surface area contributed by atoms with Crippen LogP contribution >= 0.6 is 11.3 Å². The molecule has 5 heteroatoms. The number of nitrogens with zero attached hydrogens (tertiary/aromatic N) is 2. The summed E-state index contributed by atoms with van der Waals surface area (Å²) in [5.74, 6) is 0.848. The molecule has 2 aromatic rings. The van der Waals surface area contributed by atoms with Gasteiger partial charge in [-0.1, -0.05) is 11.2 Å². The summed E-state index contributed by atoms with van der Waals surface area (Å²) in [6.45, 7) is 3.76. The summed E-state index contributed by atoms with van der Waals surface area (Å²) in [7, 11) is 0. The Morgan fingerprint density at radius 3 is 3.25 bits per heavy atom. The van der Waals surface area contributed by atoms with Crippen molar-refractivity contribution in [3.63, 3.8) is 0 Å². The number of thiophene rings is 1. The van der Waals surface area contributed by atoms with Gasteiger partial charge in [0.2, 0.25) is 0 Å². The van der Waals surface area contributed by atoms with Crippen LogP contribution in [0.25, 0.3) is 10.6 Å². The summed E-state index contributed by atoms with van der Waals surface area (Å²) in [5.41, 5.74) is 0.978. The summed E-state index contributed by atoms with van der Waals surface area (Å²) in [5, 5.41) is 15.8. The second kappa shape index (κ2) is 6.08. The fraction of sp³-hybridized carbons (Fsp3) is 0.533. The van der Waals surface area contributed by atoms with Gasteiger partial charge in [-0.3, -0.25) is 4.90 Å². The Morgan fingerprint density at radius 2 is 2.50 bits per heavy atom. The first-order chi connectivity index (χ1) is 9.72. The molecule has 0 saturated carbocycles. The van der Waals surface area contributed by atoms with Crippen molar-refractivity contribution < 1.29 is 9.63 Å². The van der Waals surface area contributed by atoms with Gasteiger partial charge in [-0.15, -0.1) is 11.3 Å². The van der Waals surface area contributed by atoms with E-state index in [9.17, 15) is 5.11 Å². The van der Waals surface area contributed by atoms with E-state index < -0.39 is 0 Å². The first-order valence-corrected chi connectivity index (χ1v) is 8.02. The van der Waals surface area contributed by atoms with Crippen LogP contribution in [-0.2, 0) is 6.54 Å². The van der Waals surface area contributed by atoms with Crippen molar-refractivity contribution in [1.82, 2.24) is 10.1 Å². The van der Waals surface area contributed by atoms with Crippen LogP contribution in [0.2, 0.25) is 0 Å². The molecule has 0 radical (unpaired) electrons. The molecule has 0 spiro atoms. The summed E-state index contributed by atoms with van der Waals surface area (Å²) < 4.78 is 5.42. The van der Waals surface area contributed by atoms with Crippen LogP contribution < -0.4 is 0 Å². The van der Waals surface area contributed by atoms with Gasteiger partial charge < -0.3 is 9.63 Å². The van der Waals surface area contributed by atoms with Crippen molar-refractivity contribution in [1.29, 1.82) is 0 Å². The average Bonchev–Trinajstić information content (AvgIpc) is 3.11. The maximum Gasteiger partial charge on any atom is 0.177 e. The predicted octanol–water partition coefficient (Wildman–Crippen LogP) is 3.14. The van der Waals surface area contributed by atoms with Gasteiger partial charge in [0, 0.05) is 18.7 Å². The lowest BCUT2D eigenvalue weighted by molar-refractivity contribution is 0.129. The van der Waals surface area contributed by atoms with E-state index >= 15 is 0 Å². The SMILES string of the molecule is CC(O)CC1CCCN1Cc1cc(-c2cccs2)on1. The Balaban J connectivity index is 1.65. The predicted molar refractivity (Wildman–Crippen MR) is 79.5 cm³/mol. The lowest BCUT2D eigenvalue weighted by Gasteiger charge is -2.24. The first-order valence-electron chi connectivity index (χ1n) is 7.14. The van der Waals surface area contributed by atoms with Gasteiger partial charge in [-0.05, 0) is 44.2 Å². The lowest BCUT2D eigenvalue weighted by Crippen LogP contribution is -2.31. The topological polar surface area (TPSA) is 49.5 Å². The van der Waals surface area contributed by atoms with Crippen LogP contribution in [0.4, 0.5) is 0 Å². The molecule has 20 heavy (non-hydrogen) atoms. The Kier molecular flexibility index (Phi) is 4.19. The number of aliphatic hydroxyl groups is 1. The molecule has 2 aromatic heterocycles.